The quantitative estimate of drug-likeness (QED) is 0.377. The fraction of sp³-hybridized carbons (Fsp3) is 0.750. The minimum absolute atomic E-state index is 0. The molecule has 0 atom stereocenters. The molecule has 0 amide bonds. The molecule has 0 heterocycles. The van der Waals surface area contributed by atoms with E-state index in [2.05, 4.69) is 4.74 Å². The second-order valence-electron chi connectivity index (χ2n) is 1.13. The SMILES string of the molecule is CC(=O)OCCN.[NaH]. The van der Waals surface area contributed by atoms with Gasteiger partial charge in [0.05, 0.1) is 0 Å². The van der Waals surface area contributed by atoms with E-state index in [1.807, 2.05) is 0 Å². The van der Waals surface area contributed by atoms with Gasteiger partial charge in [0.25, 0.3) is 0 Å². The van der Waals surface area contributed by atoms with Gasteiger partial charge in [0, 0.05) is 13.5 Å². The summed E-state index contributed by atoms with van der Waals surface area (Å²) in [5.41, 5.74) is 5.00. The van der Waals surface area contributed by atoms with Gasteiger partial charge in [0.1, 0.15) is 6.61 Å². The third-order valence-electron chi connectivity index (χ3n) is 0.423. The number of esters is 1. The fourth-order valence-electron chi connectivity index (χ4n) is 0.203. The van der Waals surface area contributed by atoms with E-state index in [1.54, 1.807) is 0 Å². The molecule has 0 aromatic heterocycles. The van der Waals surface area contributed by atoms with E-state index in [9.17, 15) is 4.79 Å². The number of rotatable bonds is 2. The van der Waals surface area contributed by atoms with Crippen molar-refractivity contribution in [2.45, 2.75) is 6.92 Å². The molecule has 0 spiro atoms. The molecule has 3 nitrogen and oxygen atoms in total. The van der Waals surface area contributed by atoms with Crippen LogP contribution in [-0.4, -0.2) is 48.7 Å². The molecule has 8 heavy (non-hydrogen) atoms. The molecule has 0 unspecified atom stereocenters. The maximum atomic E-state index is 9.92. The molecule has 0 saturated heterocycles. The molecule has 0 aliphatic carbocycles. The number of carbonyl (C=O) groups excluding carboxylic acids is 1. The van der Waals surface area contributed by atoms with Crippen molar-refractivity contribution in [1.29, 1.82) is 0 Å². The van der Waals surface area contributed by atoms with Crippen LogP contribution in [0, 0.1) is 0 Å². The summed E-state index contributed by atoms with van der Waals surface area (Å²) < 4.78 is 4.43. The van der Waals surface area contributed by atoms with Crippen molar-refractivity contribution in [3.8, 4) is 0 Å². The van der Waals surface area contributed by atoms with Gasteiger partial charge in [-0.05, 0) is 0 Å². The second kappa shape index (κ2) is 7.43. The first kappa shape index (κ1) is 11.3. The Kier molecular flexibility index (Phi) is 10.5. The Hall–Kier alpha value is 0.430. The first-order valence-corrected chi connectivity index (χ1v) is 2.11. The molecule has 0 fully saturated rings. The van der Waals surface area contributed by atoms with Crippen molar-refractivity contribution in [2.75, 3.05) is 13.2 Å². The Morgan fingerprint density at radius 2 is 2.25 bits per heavy atom. The van der Waals surface area contributed by atoms with Crippen LogP contribution in [0.15, 0.2) is 0 Å². The molecule has 0 radical (unpaired) electrons. The second-order valence-corrected chi connectivity index (χ2v) is 1.13. The van der Waals surface area contributed by atoms with Crippen LogP contribution in [-0.2, 0) is 9.53 Å². The standard InChI is InChI=1S/C4H9NO2.Na.H/c1-4(6)7-3-2-5;;/h2-3,5H2,1H3;;. The molecule has 0 aromatic carbocycles. The molecule has 0 aliphatic heterocycles. The van der Waals surface area contributed by atoms with Crippen LogP contribution in [0.25, 0.3) is 0 Å². The maximum absolute atomic E-state index is 9.92. The van der Waals surface area contributed by atoms with Gasteiger partial charge in [-0.3, -0.25) is 4.79 Å². The number of ether oxygens (including phenoxy) is 1. The van der Waals surface area contributed by atoms with Gasteiger partial charge < -0.3 is 10.5 Å². The summed E-state index contributed by atoms with van der Waals surface area (Å²) in [7, 11) is 0. The zero-order valence-corrected chi connectivity index (χ0v) is 4.31. The molecule has 0 rings (SSSR count). The summed E-state index contributed by atoms with van der Waals surface area (Å²) in [5, 5.41) is 0. The topological polar surface area (TPSA) is 52.3 Å². The first-order chi connectivity index (χ1) is 3.27. The Balaban J connectivity index is 0. The summed E-state index contributed by atoms with van der Waals surface area (Å²) in [5.74, 6) is -0.273. The Morgan fingerprint density at radius 3 is 2.38 bits per heavy atom. The molecule has 0 aromatic rings. The van der Waals surface area contributed by atoms with Crippen LogP contribution in [0.4, 0.5) is 0 Å². The first-order valence-electron chi connectivity index (χ1n) is 2.11. The molecular formula is C4H10NNaO2. The van der Waals surface area contributed by atoms with Gasteiger partial charge in [-0.2, -0.15) is 0 Å². The van der Waals surface area contributed by atoms with Crippen LogP contribution in [0.1, 0.15) is 6.92 Å². The van der Waals surface area contributed by atoms with Crippen molar-refractivity contribution in [2.24, 2.45) is 5.73 Å². The predicted octanol–water partition coefficient (Wildman–Crippen LogP) is -1.14. The molecule has 4 heteroatoms. The van der Waals surface area contributed by atoms with Gasteiger partial charge in [-0.25, -0.2) is 0 Å². The van der Waals surface area contributed by atoms with Gasteiger partial charge in [-0.15, -0.1) is 0 Å². The zero-order valence-electron chi connectivity index (χ0n) is 4.31. The van der Waals surface area contributed by atoms with Crippen molar-refractivity contribution in [3.05, 3.63) is 0 Å². The average Bonchev–Trinajstić information content (AvgIpc) is 1.61. The summed E-state index contributed by atoms with van der Waals surface area (Å²) in [6.07, 6.45) is 0. The van der Waals surface area contributed by atoms with E-state index in [-0.39, 0.29) is 35.5 Å². The van der Waals surface area contributed by atoms with Gasteiger partial charge >= 0.3 is 35.5 Å². The van der Waals surface area contributed by atoms with Gasteiger partial charge in [0.15, 0.2) is 0 Å². The van der Waals surface area contributed by atoms with Crippen LogP contribution >= 0.6 is 0 Å². The zero-order chi connectivity index (χ0) is 5.70. The molecule has 0 bridgehead atoms. The summed E-state index contributed by atoms with van der Waals surface area (Å²) >= 11 is 0. The van der Waals surface area contributed by atoms with E-state index in [0.717, 1.165) is 0 Å². The Labute approximate surface area is 70.9 Å². The van der Waals surface area contributed by atoms with Crippen LogP contribution < -0.4 is 5.73 Å². The number of carbonyl (C=O) groups is 1. The van der Waals surface area contributed by atoms with Crippen LogP contribution in [0.3, 0.4) is 0 Å². The molecule has 0 saturated carbocycles. The third kappa shape index (κ3) is 9.66. The third-order valence-corrected chi connectivity index (χ3v) is 0.423. The number of hydrogen-bond donors (Lipinski definition) is 1. The molecular weight excluding hydrogens is 117 g/mol. The summed E-state index contributed by atoms with van der Waals surface area (Å²) in [4.78, 5) is 9.92. The molecule has 2 N–H and O–H groups in total. The van der Waals surface area contributed by atoms with E-state index in [4.69, 9.17) is 5.73 Å². The molecule has 44 valence electrons. The number of hydrogen-bond acceptors (Lipinski definition) is 3. The number of nitrogens with two attached hydrogens (primary N) is 1. The van der Waals surface area contributed by atoms with Crippen LogP contribution in [0.5, 0.6) is 0 Å². The Morgan fingerprint density at radius 1 is 1.75 bits per heavy atom. The van der Waals surface area contributed by atoms with Crippen molar-refractivity contribution in [3.63, 3.8) is 0 Å². The Bertz CT molecular complexity index is 67.1. The predicted molar refractivity (Wildman–Crippen MR) is 32.8 cm³/mol. The fourth-order valence-corrected chi connectivity index (χ4v) is 0.203. The van der Waals surface area contributed by atoms with E-state index in [1.165, 1.54) is 6.92 Å². The summed E-state index contributed by atoms with van der Waals surface area (Å²) in [6.45, 7) is 2.09. The average molecular weight is 127 g/mol. The monoisotopic (exact) mass is 127 g/mol. The summed E-state index contributed by atoms with van der Waals surface area (Å²) in [6, 6.07) is 0. The van der Waals surface area contributed by atoms with Crippen molar-refractivity contribution >= 4 is 35.5 Å². The van der Waals surface area contributed by atoms with E-state index in [0.29, 0.717) is 13.2 Å². The van der Waals surface area contributed by atoms with Crippen molar-refractivity contribution in [1.82, 2.24) is 0 Å². The molecule has 0 aliphatic rings. The van der Waals surface area contributed by atoms with Crippen molar-refractivity contribution < 1.29 is 9.53 Å². The minimum atomic E-state index is -0.273. The van der Waals surface area contributed by atoms with E-state index >= 15 is 0 Å². The van der Waals surface area contributed by atoms with Gasteiger partial charge in [0.2, 0.25) is 0 Å². The van der Waals surface area contributed by atoms with E-state index < -0.39 is 0 Å². The van der Waals surface area contributed by atoms with Crippen LogP contribution in [0.2, 0.25) is 0 Å². The normalized spacial score (nSPS) is 7.25. The van der Waals surface area contributed by atoms with Gasteiger partial charge in [-0.1, -0.05) is 0 Å².